The van der Waals surface area contributed by atoms with Crippen molar-refractivity contribution < 1.29 is 9.53 Å². The first-order valence-corrected chi connectivity index (χ1v) is 13.6. The predicted molar refractivity (Wildman–Crippen MR) is 146 cm³/mol. The molecule has 1 heterocycles. The van der Waals surface area contributed by atoms with Gasteiger partial charge in [0.25, 0.3) is 5.91 Å². The lowest BCUT2D eigenvalue weighted by Crippen LogP contribution is -2.55. The number of ether oxygens (including phenoxy) is 1. The molecule has 1 aliphatic rings. The summed E-state index contributed by atoms with van der Waals surface area (Å²) in [7, 11) is 0. The van der Waals surface area contributed by atoms with Gasteiger partial charge in [-0.25, -0.2) is 0 Å². The van der Waals surface area contributed by atoms with Crippen molar-refractivity contribution in [2.75, 3.05) is 5.75 Å². The Balaban J connectivity index is 2.16. The maximum absolute atomic E-state index is 13.9. The zero-order chi connectivity index (χ0) is 25.0. The molecule has 1 fully saturated rings. The van der Waals surface area contributed by atoms with Crippen LogP contribution < -0.4 is 0 Å². The Morgan fingerprint density at radius 3 is 2.21 bits per heavy atom. The number of morpholine rings is 1. The topological polar surface area (TPSA) is 29.5 Å². The maximum Gasteiger partial charge on any atom is 0.252 e. The predicted octanol–water partition coefficient (Wildman–Crippen LogP) is 8.54. The van der Waals surface area contributed by atoms with Crippen LogP contribution >= 0.6 is 46.6 Å². The van der Waals surface area contributed by atoms with Crippen LogP contribution in [0.15, 0.2) is 55.1 Å². The molecule has 1 saturated heterocycles. The summed E-state index contributed by atoms with van der Waals surface area (Å²) in [6, 6.07) is 12.7. The second-order valence-corrected chi connectivity index (χ2v) is 12.7. The molecule has 0 spiro atoms. The summed E-state index contributed by atoms with van der Waals surface area (Å²) in [6.45, 7) is 12.6. The van der Waals surface area contributed by atoms with E-state index in [-0.39, 0.29) is 22.7 Å². The highest BCUT2D eigenvalue weighted by atomic mass is 35.5. The van der Waals surface area contributed by atoms with Crippen LogP contribution in [0.25, 0.3) is 0 Å². The Kier molecular flexibility index (Phi) is 9.44. The highest BCUT2D eigenvalue weighted by Crippen LogP contribution is 2.46. The number of thioether (sulfide) groups is 1. The summed E-state index contributed by atoms with van der Waals surface area (Å²) in [5, 5.41) is 1.69. The summed E-state index contributed by atoms with van der Waals surface area (Å²) >= 11 is 20.8. The SMILES string of the molecule is C=CC[C@@H]1O[C@H](c2cc(Cl)cc(Cl)c2)[C@@H](c2ccc(Cl)cc2)N([C@@H](CC)CSC(C)(C)C)C1=O. The molecule has 1 aliphatic heterocycles. The standard InChI is InChI=1S/C27H32Cl3NO2S/c1-6-8-23-26(32)31(22(7-2)16-34-27(3,4)5)24(17-9-11-19(28)12-10-17)25(33-23)18-13-20(29)15-21(30)14-18/h6,9-15,22-25H,1,7-8,16H2,2-5H3/t22-,23-,24+,25+/m0/s1. The third-order valence-electron chi connectivity index (χ3n) is 5.81. The first-order valence-electron chi connectivity index (χ1n) is 11.5. The minimum atomic E-state index is -0.627. The van der Waals surface area contributed by atoms with Crippen molar-refractivity contribution in [2.45, 2.75) is 69.6 Å². The minimum absolute atomic E-state index is 0.0192. The molecule has 0 aliphatic carbocycles. The van der Waals surface area contributed by atoms with E-state index < -0.39 is 12.2 Å². The van der Waals surface area contributed by atoms with Gasteiger partial charge >= 0.3 is 0 Å². The number of hydrogen-bond acceptors (Lipinski definition) is 3. The normalized spacial score (nSPS) is 22.0. The molecule has 4 atom stereocenters. The number of nitrogens with zero attached hydrogens (tertiary/aromatic N) is 1. The number of carbonyl (C=O) groups is 1. The van der Waals surface area contributed by atoms with E-state index in [4.69, 9.17) is 39.5 Å². The molecule has 3 rings (SSSR count). The number of halogens is 3. The van der Waals surface area contributed by atoms with Gasteiger partial charge in [0.1, 0.15) is 12.2 Å². The van der Waals surface area contributed by atoms with Gasteiger partial charge in [0, 0.05) is 38.0 Å². The maximum atomic E-state index is 13.9. The average Bonchev–Trinajstić information content (AvgIpc) is 2.75. The molecule has 3 nitrogen and oxygen atoms in total. The van der Waals surface area contributed by atoms with Crippen LogP contribution in [0.5, 0.6) is 0 Å². The monoisotopic (exact) mass is 539 g/mol. The van der Waals surface area contributed by atoms with E-state index in [1.807, 2.05) is 53.1 Å². The van der Waals surface area contributed by atoms with E-state index in [2.05, 4.69) is 34.3 Å². The largest absolute Gasteiger partial charge is 0.358 e. The Hall–Kier alpha value is -1.17. The molecular weight excluding hydrogens is 509 g/mol. The molecule has 2 aromatic carbocycles. The second-order valence-electron chi connectivity index (χ2n) is 9.50. The van der Waals surface area contributed by atoms with Gasteiger partial charge < -0.3 is 9.64 Å². The fourth-order valence-corrected chi connectivity index (χ4v) is 5.97. The number of benzene rings is 2. The molecule has 34 heavy (non-hydrogen) atoms. The fraction of sp³-hybridized carbons (Fsp3) is 0.444. The first-order chi connectivity index (χ1) is 16.0. The van der Waals surface area contributed by atoms with E-state index in [9.17, 15) is 4.79 Å². The minimum Gasteiger partial charge on any atom is -0.358 e. The summed E-state index contributed by atoms with van der Waals surface area (Å²) in [6.07, 6.45) is 1.90. The molecule has 7 heteroatoms. The molecule has 2 aromatic rings. The molecule has 0 unspecified atom stereocenters. The van der Waals surface area contributed by atoms with Gasteiger partial charge in [-0.3, -0.25) is 4.79 Å². The van der Waals surface area contributed by atoms with Crippen LogP contribution in [0.4, 0.5) is 0 Å². The smallest absolute Gasteiger partial charge is 0.252 e. The van der Waals surface area contributed by atoms with Gasteiger partial charge in [-0.2, -0.15) is 11.8 Å². The molecule has 0 radical (unpaired) electrons. The third-order valence-corrected chi connectivity index (χ3v) is 7.91. The van der Waals surface area contributed by atoms with Crippen LogP contribution in [0.1, 0.15) is 63.8 Å². The van der Waals surface area contributed by atoms with E-state index in [0.717, 1.165) is 23.3 Å². The zero-order valence-corrected chi connectivity index (χ0v) is 23.1. The van der Waals surface area contributed by atoms with E-state index in [0.29, 0.717) is 21.5 Å². The van der Waals surface area contributed by atoms with Crippen molar-refractivity contribution in [1.29, 1.82) is 0 Å². The quantitative estimate of drug-likeness (QED) is 0.314. The van der Waals surface area contributed by atoms with Crippen LogP contribution in [-0.2, 0) is 9.53 Å². The van der Waals surface area contributed by atoms with Gasteiger partial charge in [-0.15, -0.1) is 6.58 Å². The highest BCUT2D eigenvalue weighted by molar-refractivity contribution is 8.00. The van der Waals surface area contributed by atoms with Gasteiger partial charge in [0.2, 0.25) is 0 Å². The molecule has 1 amide bonds. The lowest BCUT2D eigenvalue weighted by molar-refractivity contribution is -0.178. The van der Waals surface area contributed by atoms with Crippen LogP contribution in [-0.4, -0.2) is 33.5 Å². The van der Waals surface area contributed by atoms with Gasteiger partial charge in [0.05, 0.1) is 6.04 Å². The molecule has 0 aromatic heterocycles. The van der Waals surface area contributed by atoms with Crippen molar-refractivity contribution in [1.82, 2.24) is 4.90 Å². The molecular formula is C27H32Cl3NO2S. The Morgan fingerprint density at radius 1 is 1.06 bits per heavy atom. The Bertz CT molecular complexity index is 986. The molecule has 0 saturated carbocycles. The first kappa shape index (κ1) is 27.4. The summed E-state index contributed by atoms with van der Waals surface area (Å²) in [4.78, 5) is 15.9. The number of rotatable bonds is 8. The third kappa shape index (κ3) is 6.73. The average molecular weight is 541 g/mol. The number of carbonyl (C=O) groups excluding carboxylic acids is 1. The fourth-order valence-electron chi connectivity index (χ4n) is 4.21. The lowest BCUT2D eigenvalue weighted by atomic mass is 9.89. The van der Waals surface area contributed by atoms with Gasteiger partial charge in [-0.1, -0.05) is 80.7 Å². The molecule has 0 N–H and O–H groups in total. The summed E-state index contributed by atoms with van der Waals surface area (Å²) < 4.78 is 6.57. The highest BCUT2D eigenvalue weighted by Gasteiger charge is 2.46. The van der Waals surface area contributed by atoms with Crippen LogP contribution in [0.2, 0.25) is 15.1 Å². The molecule has 0 bridgehead atoms. The van der Waals surface area contributed by atoms with Crippen molar-refractivity contribution >= 4 is 52.5 Å². The molecule has 184 valence electrons. The van der Waals surface area contributed by atoms with Crippen molar-refractivity contribution in [3.8, 4) is 0 Å². The van der Waals surface area contributed by atoms with Crippen molar-refractivity contribution in [3.05, 3.63) is 81.3 Å². The zero-order valence-electron chi connectivity index (χ0n) is 20.1. The van der Waals surface area contributed by atoms with Crippen molar-refractivity contribution in [2.24, 2.45) is 0 Å². The van der Waals surface area contributed by atoms with Crippen LogP contribution in [0, 0.1) is 0 Å². The summed E-state index contributed by atoms with van der Waals surface area (Å²) in [5.74, 6) is 0.797. The van der Waals surface area contributed by atoms with E-state index in [1.165, 1.54) is 0 Å². The van der Waals surface area contributed by atoms with Gasteiger partial charge in [0.15, 0.2) is 0 Å². The Morgan fingerprint density at radius 2 is 1.68 bits per heavy atom. The number of amides is 1. The van der Waals surface area contributed by atoms with E-state index >= 15 is 0 Å². The lowest BCUT2D eigenvalue weighted by Gasteiger charge is -2.48. The van der Waals surface area contributed by atoms with Crippen LogP contribution in [0.3, 0.4) is 0 Å². The summed E-state index contributed by atoms with van der Waals surface area (Å²) in [5.41, 5.74) is 1.79. The van der Waals surface area contributed by atoms with Crippen molar-refractivity contribution in [3.63, 3.8) is 0 Å². The van der Waals surface area contributed by atoms with E-state index in [1.54, 1.807) is 12.1 Å². The Labute approximate surface area is 222 Å². The number of hydrogen-bond donors (Lipinski definition) is 0. The second kappa shape index (κ2) is 11.7. The van der Waals surface area contributed by atoms with Gasteiger partial charge in [-0.05, 0) is 47.9 Å².